The quantitative estimate of drug-likeness (QED) is 0.733. The second kappa shape index (κ2) is 5.12. The molecule has 1 aromatic rings. The second-order valence-corrected chi connectivity index (χ2v) is 4.10. The summed E-state index contributed by atoms with van der Waals surface area (Å²) in [5, 5.41) is 0. The first-order valence-corrected chi connectivity index (χ1v) is 5.61. The van der Waals surface area contributed by atoms with Gasteiger partial charge < -0.3 is 9.47 Å². The predicted molar refractivity (Wildman–Crippen MR) is 60.4 cm³/mol. The Morgan fingerprint density at radius 1 is 1.56 bits per heavy atom. The van der Waals surface area contributed by atoms with Crippen molar-refractivity contribution in [3.05, 3.63) is 35.4 Å². The molecule has 3 heteroatoms. The summed E-state index contributed by atoms with van der Waals surface area (Å²) in [5.74, 6) is -0.265. The molecule has 1 aromatic carbocycles. The van der Waals surface area contributed by atoms with Crippen LogP contribution in [0.5, 0.6) is 0 Å². The highest BCUT2D eigenvalue weighted by Crippen LogP contribution is 2.13. The highest BCUT2D eigenvalue weighted by atomic mass is 16.6. The van der Waals surface area contributed by atoms with Crippen molar-refractivity contribution in [1.82, 2.24) is 0 Å². The number of ether oxygens (including phenoxy) is 2. The Morgan fingerprint density at radius 3 is 3.12 bits per heavy atom. The lowest BCUT2D eigenvalue weighted by Crippen LogP contribution is -2.17. The number of carbonyl (C=O) groups is 1. The van der Waals surface area contributed by atoms with Gasteiger partial charge in [-0.15, -0.1) is 0 Å². The molecule has 1 fully saturated rings. The molecule has 1 saturated heterocycles. The van der Waals surface area contributed by atoms with E-state index in [-0.39, 0.29) is 12.1 Å². The first-order chi connectivity index (χ1) is 7.75. The van der Waals surface area contributed by atoms with Crippen molar-refractivity contribution >= 4 is 5.97 Å². The fourth-order valence-electron chi connectivity index (χ4n) is 1.80. The van der Waals surface area contributed by atoms with Crippen molar-refractivity contribution in [2.24, 2.45) is 0 Å². The van der Waals surface area contributed by atoms with Crippen LogP contribution in [0.2, 0.25) is 0 Å². The van der Waals surface area contributed by atoms with Gasteiger partial charge in [-0.2, -0.15) is 0 Å². The molecular formula is C13H16O3. The molecule has 0 N–H and O–H groups in total. The fourth-order valence-corrected chi connectivity index (χ4v) is 1.80. The van der Waals surface area contributed by atoms with E-state index in [1.807, 2.05) is 25.1 Å². The number of hydrogen-bond donors (Lipinski definition) is 0. The van der Waals surface area contributed by atoms with Crippen molar-refractivity contribution < 1.29 is 14.3 Å². The Kier molecular flexibility index (Phi) is 3.57. The third-order valence-electron chi connectivity index (χ3n) is 2.68. The molecule has 1 aliphatic rings. The van der Waals surface area contributed by atoms with Crippen LogP contribution in [0.25, 0.3) is 0 Å². The fraction of sp³-hybridized carbons (Fsp3) is 0.462. The van der Waals surface area contributed by atoms with Gasteiger partial charge in [-0.25, -0.2) is 4.79 Å². The summed E-state index contributed by atoms with van der Waals surface area (Å²) >= 11 is 0. The zero-order valence-corrected chi connectivity index (χ0v) is 9.44. The van der Waals surface area contributed by atoms with Gasteiger partial charge in [-0.05, 0) is 31.9 Å². The summed E-state index contributed by atoms with van der Waals surface area (Å²) in [6.07, 6.45) is 2.14. The Hall–Kier alpha value is -1.35. The molecule has 0 aromatic heterocycles. The lowest BCUT2D eigenvalue weighted by Gasteiger charge is -2.10. The van der Waals surface area contributed by atoms with Gasteiger partial charge >= 0.3 is 5.97 Å². The molecule has 0 aliphatic carbocycles. The summed E-state index contributed by atoms with van der Waals surface area (Å²) in [7, 11) is 0. The predicted octanol–water partition coefficient (Wildman–Crippen LogP) is 2.33. The second-order valence-electron chi connectivity index (χ2n) is 4.10. The Labute approximate surface area is 95.4 Å². The summed E-state index contributed by atoms with van der Waals surface area (Å²) in [5.41, 5.74) is 1.67. The van der Waals surface area contributed by atoms with E-state index < -0.39 is 0 Å². The zero-order chi connectivity index (χ0) is 11.4. The molecule has 16 heavy (non-hydrogen) atoms. The van der Waals surface area contributed by atoms with E-state index >= 15 is 0 Å². The van der Waals surface area contributed by atoms with Crippen LogP contribution in [0.1, 0.15) is 28.8 Å². The van der Waals surface area contributed by atoms with Crippen molar-refractivity contribution in [2.75, 3.05) is 13.2 Å². The largest absolute Gasteiger partial charge is 0.459 e. The normalized spacial score (nSPS) is 19.7. The van der Waals surface area contributed by atoms with Crippen molar-refractivity contribution in [3.63, 3.8) is 0 Å². The average molecular weight is 220 g/mol. The van der Waals surface area contributed by atoms with E-state index in [0.29, 0.717) is 12.2 Å². The monoisotopic (exact) mass is 220 g/mol. The summed E-state index contributed by atoms with van der Waals surface area (Å²) in [4.78, 5) is 11.7. The maximum Gasteiger partial charge on any atom is 0.338 e. The van der Waals surface area contributed by atoms with Crippen molar-refractivity contribution in [1.29, 1.82) is 0 Å². The first kappa shape index (κ1) is 11.1. The number of esters is 1. The van der Waals surface area contributed by atoms with Gasteiger partial charge in [0.1, 0.15) is 6.61 Å². The maximum absolute atomic E-state index is 11.7. The Morgan fingerprint density at radius 2 is 2.44 bits per heavy atom. The van der Waals surface area contributed by atoms with E-state index in [2.05, 4.69) is 0 Å². The first-order valence-electron chi connectivity index (χ1n) is 5.61. The van der Waals surface area contributed by atoms with Crippen LogP contribution >= 0.6 is 0 Å². The minimum Gasteiger partial charge on any atom is -0.459 e. The number of hydrogen-bond acceptors (Lipinski definition) is 3. The summed E-state index contributed by atoms with van der Waals surface area (Å²) in [6.45, 7) is 3.11. The number of aryl methyl sites for hydroxylation is 1. The average Bonchev–Trinajstić information content (AvgIpc) is 2.78. The maximum atomic E-state index is 11.7. The minimum absolute atomic E-state index is 0.0914. The van der Waals surface area contributed by atoms with E-state index in [9.17, 15) is 4.79 Å². The molecular weight excluding hydrogens is 204 g/mol. The van der Waals surface area contributed by atoms with Crippen LogP contribution in [-0.2, 0) is 9.47 Å². The molecule has 0 bridgehead atoms. The highest BCUT2D eigenvalue weighted by molar-refractivity contribution is 5.89. The van der Waals surface area contributed by atoms with Gasteiger partial charge in [-0.1, -0.05) is 17.7 Å². The van der Waals surface area contributed by atoms with E-state index in [1.165, 1.54) is 0 Å². The van der Waals surface area contributed by atoms with E-state index in [1.54, 1.807) is 6.07 Å². The summed E-state index contributed by atoms with van der Waals surface area (Å²) in [6, 6.07) is 7.41. The molecule has 1 heterocycles. The van der Waals surface area contributed by atoms with Crippen LogP contribution in [0.4, 0.5) is 0 Å². The van der Waals surface area contributed by atoms with Gasteiger partial charge in [-0.3, -0.25) is 0 Å². The lowest BCUT2D eigenvalue weighted by atomic mass is 10.1. The van der Waals surface area contributed by atoms with Crippen LogP contribution in [-0.4, -0.2) is 25.3 Å². The van der Waals surface area contributed by atoms with Crippen molar-refractivity contribution in [2.45, 2.75) is 25.9 Å². The van der Waals surface area contributed by atoms with Gasteiger partial charge in [0, 0.05) is 6.61 Å². The minimum atomic E-state index is -0.265. The smallest absolute Gasteiger partial charge is 0.338 e. The molecule has 0 saturated carbocycles. The van der Waals surface area contributed by atoms with Gasteiger partial charge in [0.15, 0.2) is 0 Å². The molecule has 0 unspecified atom stereocenters. The standard InChI is InChI=1S/C13H16O3/c1-10-4-2-5-11(8-10)13(14)16-9-12-6-3-7-15-12/h2,4-5,8,12H,3,6-7,9H2,1H3/t12-/m0/s1. The van der Waals surface area contributed by atoms with Gasteiger partial charge in [0.2, 0.25) is 0 Å². The van der Waals surface area contributed by atoms with E-state index in [0.717, 1.165) is 25.0 Å². The molecule has 2 rings (SSSR count). The third kappa shape index (κ3) is 2.83. The molecule has 3 nitrogen and oxygen atoms in total. The Bertz CT molecular complexity index is 367. The summed E-state index contributed by atoms with van der Waals surface area (Å²) < 4.78 is 10.6. The molecule has 0 spiro atoms. The zero-order valence-electron chi connectivity index (χ0n) is 9.44. The van der Waals surface area contributed by atoms with Crippen LogP contribution in [0.3, 0.4) is 0 Å². The Balaban J connectivity index is 1.87. The van der Waals surface area contributed by atoms with Gasteiger partial charge in [0.05, 0.1) is 11.7 Å². The number of benzene rings is 1. The SMILES string of the molecule is Cc1cccc(C(=O)OC[C@@H]2CCCO2)c1. The van der Waals surface area contributed by atoms with E-state index in [4.69, 9.17) is 9.47 Å². The lowest BCUT2D eigenvalue weighted by molar-refractivity contribution is 0.0161. The highest BCUT2D eigenvalue weighted by Gasteiger charge is 2.17. The molecule has 0 radical (unpaired) electrons. The van der Waals surface area contributed by atoms with Gasteiger partial charge in [0.25, 0.3) is 0 Å². The number of carbonyl (C=O) groups excluding carboxylic acids is 1. The number of rotatable bonds is 3. The van der Waals surface area contributed by atoms with Crippen LogP contribution < -0.4 is 0 Å². The third-order valence-corrected chi connectivity index (χ3v) is 2.68. The molecule has 0 amide bonds. The van der Waals surface area contributed by atoms with Crippen molar-refractivity contribution in [3.8, 4) is 0 Å². The molecule has 86 valence electrons. The molecule has 1 aliphatic heterocycles. The molecule has 1 atom stereocenters. The van der Waals surface area contributed by atoms with Crippen LogP contribution in [0, 0.1) is 6.92 Å². The topological polar surface area (TPSA) is 35.5 Å². The van der Waals surface area contributed by atoms with Crippen LogP contribution in [0.15, 0.2) is 24.3 Å².